The maximum absolute atomic E-state index is 11.3. The van der Waals surface area contributed by atoms with E-state index in [1.807, 2.05) is 6.07 Å². The van der Waals surface area contributed by atoms with Crippen LogP contribution in [-0.2, 0) is 17.8 Å². The number of ether oxygens (including phenoxy) is 1. The Hall–Kier alpha value is -1.07. The molecule has 2 aliphatic heterocycles. The largest absolute Gasteiger partial charge is 0.496 e. The van der Waals surface area contributed by atoms with Crippen LogP contribution in [0.25, 0.3) is 0 Å². The number of carbonyl (C=O) groups excluding carboxylic acids is 1. The maximum atomic E-state index is 11.3. The standard InChI is InChI=1S/C15H19BrN2O2/c1-20-14-7-11(16)6-10-8-18(5-4-13(10)14)9-12-2-3-15(19)17-12/h6-7,12H,2-5,8-9H2,1H3,(H,17,19)/t12-/m0/s1. The first-order valence-electron chi connectivity index (χ1n) is 7.02. The van der Waals surface area contributed by atoms with Gasteiger partial charge in [-0.2, -0.15) is 0 Å². The van der Waals surface area contributed by atoms with Gasteiger partial charge in [0.15, 0.2) is 0 Å². The number of rotatable bonds is 3. The second-order valence-corrected chi connectivity index (χ2v) is 6.45. The third-order valence-electron chi connectivity index (χ3n) is 4.12. The molecule has 1 saturated heterocycles. The number of methoxy groups -OCH3 is 1. The smallest absolute Gasteiger partial charge is 0.220 e. The predicted octanol–water partition coefficient (Wildman–Crippen LogP) is 2.09. The predicted molar refractivity (Wildman–Crippen MR) is 80.8 cm³/mol. The minimum atomic E-state index is 0.192. The van der Waals surface area contributed by atoms with Crippen molar-refractivity contribution in [2.45, 2.75) is 31.8 Å². The van der Waals surface area contributed by atoms with Crippen LogP contribution in [0.15, 0.2) is 16.6 Å². The third-order valence-corrected chi connectivity index (χ3v) is 4.58. The zero-order valence-electron chi connectivity index (χ0n) is 11.6. The quantitative estimate of drug-likeness (QED) is 0.917. The molecule has 1 atom stereocenters. The summed E-state index contributed by atoms with van der Waals surface area (Å²) in [5.74, 6) is 1.17. The van der Waals surface area contributed by atoms with Gasteiger partial charge in [-0.15, -0.1) is 0 Å². The summed E-state index contributed by atoms with van der Waals surface area (Å²) in [7, 11) is 1.72. The molecule has 0 unspecified atom stereocenters. The highest BCUT2D eigenvalue weighted by atomic mass is 79.9. The number of amides is 1. The van der Waals surface area contributed by atoms with Crippen LogP contribution in [0.1, 0.15) is 24.0 Å². The lowest BCUT2D eigenvalue weighted by Crippen LogP contribution is -2.41. The molecule has 1 amide bonds. The summed E-state index contributed by atoms with van der Waals surface area (Å²) in [4.78, 5) is 13.7. The molecule has 0 radical (unpaired) electrons. The van der Waals surface area contributed by atoms with Gasteiger partial charge >= 0.3 is 0 Å². The minimum Gasteiger partial charge on any atom is -0.496 e. The van der Waals surface area contributed by atoms with Gasteiger partial charge in [0, 0.05) is 36.6 Å². The lowest BCUT2D eigenvalue weighted by atomic mass is 9.98. The summed E-state index contributed by atoms with van der Waals surface area (Å²) in [6.45, 7) is 2.90. The van der Waals surface area contributed by atoms with E-state index in [0.29, 0.717) is 12.5 Å². The van der Waals surface area contributed by atoms with Crippen molar-refractivity contribution in [3.63, 3.8) is 0 Å². The maximum Gasteiger partial charge on any atom is 0.220 e. The zero-order valence-corrected chi connectivity index (χ0v) is 13.2. The fraction of sp³-hybridized carbons (Fsp3) is 0.533. The second kappa shape index (κ2) is 5.74. The van der Waals surface area contributed by atoms with Crippen LogP contribution < -0.4 is 10.1 Å². The Morgan fingerprint density at radius 1 is 1.45 bits per heavy atom. The van der Waals surface area contributed by atoms with Crippen LogP contribution in [0, 0.1) is 0 Å². The SMILES string of the molecule is COc1cc(Br)cc2c1CCN(C[C@@H]1CCC(=O)N1)C2. The highest BCUT2D eigenvalue weighted by molar-refractivity contribution is 9.10. The van der Waals surface area contributed by atoms with E-state index in [1.165, 1.54) is 11.1 Å². The molecule has 0 bridgehead atoms. The van der Waals surface area contributed by atoms with E-state index in [4.69, 9.17) is 4.74 Å². The highest BCUT2D eigenvalue weighted by Crippen LogP contribution is 2.32. The summed E-state index contributed by atoms with van der Waals surface area (Å²) < 4.78 is 6.53. The van der Waals surface area contributed by atoms with E-state index in [0.717, 1.165) is 42.7 Å². The molecule has 1 aromatic carbocycles. The molecule has 0 spiro atoms. The average molecular weight is 339 g/mol. The molecule has 1 N–H and O–H groups in total. The third kappa shape index (κ3) is 2.83. The van der Waals surface area contributed by atoms with Crippen molar-refractivity contribution in [2.24, 2.45) is 0 Å². The molecule has 1 aromatic rings. The van der Waals surface area contributed by atoms with Crippen molar-refractivity contribution in [3.8, 4) is 5.75 Å². The van der Waals surface area contributed by atoms with E-state index < -0.39 is 0 Å². The summed E-state index contributed by atoms with van der Waals surface area (Å²) in [5.41, 5.74) is 2.65. The molecule has 0 aliphatic carbocycles. The number of hydrogen-bond acceptors (Lipinski definition) is 3. The van der Waals surface area contributed by atoms with Gasteiger partial charge < -0.3 is 10.1 Å². The number of carbonyl (C=O) groups is 1. The van der Waals surface area contributed by atoms with Crippen molar-refractivity contribution in [1.82, 2.24) is 10.2 Å². The molecule has 0 saturated carbocycles. The summed E-state index contributed by atoms with van der Waals surface area (Å²) in [6.07, 6.45) is 2.64. The van der Waals surface area contributed by atoms with Gasteiger partial charge in [-0.1, -0.05) is 15.9 Å². The number of nitrogens with zero attached hydrogens (tertiary/aromatic N) is 1. The van der Waals surface area contributed by atoms with Gasteiger partial charge in [0.2, 0.25) is 5.91 Å². The fourth-order valence-electron chi connectivity index (χ4n) is 3.14. The van der Waals surface area contributed by atoms with E-state index in [2.05, 4.69) is 32.2 Å². The van der Waals surface area contributed by atoms with Crippen molar-refractivity contribution < 1.29 is 9.53 Å². The number of halogens is 1. The van der Waals surface area contributed by atoms with Gasteiger partial charge in [0.25, 0.3) is 0 Å². The monoisotopic (exact) mass is 338 g/mol. The van der Waals surface area contributed by atoms with Crippen LogP contribution >= 0.6 is 15.9 Å². The average Bonchev–Trinajstić information content (AvgIpc) is 2.82. The van der Waals surface area contributed by atoms with Gasteiger partial charge in [0.05, 0.1) is 7.11 Å². The van der Waals surface area contributed by atoms with Crippen molar-refractivity contribution in [1.29, 1.82) is 0 Å². The molecule has 20 heavy (non-hydrogen) atoms. The van der Waals surface area contributed by atoms with E-state index in [-0.39, 0.29) is 5.91 Å². The van der Waals surface area contributed by atoms with Gasteiger partial charge in [-0.05, 0) is 36.1 Å². The van der Waals surface area contributed by atoms with Crippen molar-refractivity contribution >= 4 is 21.8 Å². The van der Waals surface area contributed by atoms with Gasteiger partial charge in [0.1, 0.15) is 5.75 Å². The summed E-state index contributed by atoms with van der Waals surface area (Å²) >= 11 is 3.54. The zero-order chi connectivity index (χ0) is 14.1. The molecule has 5 heteroatoms. The Kier molecular flexibility index (Phi) is 3.98. The lowest BCUT2D eigenvalue weighted by molar-refractivity contribution is -0.119. The Bertz CT molecular complexity index is 533. The molecule has 108 valence electrons. The number of hydrogen-bond donors (Lipinski definition) is 1. The lowest BCUT2D eigenvalue weighted by Gasteiger charge is -2.31. The Morgan fingerprint density at radius 2 is 2.30 bits per heavy atom. The first kappa shape index (κ1) is 13.9. The summed E-state index contributed by atoms with van der Waals surface area (Å²) in [5, 5.41) is 3.04. The topological polar surface area (TPSA) is 41.6 Å². The first-order chi connectivity index (χ1) is 9.65. The molecule has 2 aliphatic rings. The highest BCUT2D eigenvalue weighted by Gasteiger charge is 2.26. The van der Waals surface area contributed by atoms with Crippen LogP contribution in [0.4, 0.5) is 0 Å². The van der Waals surface area contributed by atoms with E-state index in [9.17, 15) is 4.79 Å². The Labute approximate surface area is 127 Å². The van der Waals surface area contributed by atoms with Crippen molar-refractivity contribution in [3.05, 3.63) is 27.7 Å². The molecular weight excluding hydrogens is 320 g/mol. The molecule has 0 aromatic heterocycles. The fourth-order valence-corrected chi connectivity index (χ4v) is 3.63. The van der Waals surface area contributed by atoms with Gasteiger partial charge in [-0.25, -0.2) is 0 Å². The van der Waals surface area contributed by atoms with Crippen LogP contribution in [-0.4, -0.2) is 37.0 Å². The van der Waals surface area contributed by atoms with Gasteiger partial charge in [-0.3, -0.25) is 9.69 Å². The molecule has 3 rings (SSSR count). The number of fused-ring (bicyclic) bond motifs is 1. The van der Waals surface area contributed by atoms with E-state index in [1.54, 1.807) is 7.11 Å². The van der Waals surface area contributed by atoms with Crippen molar-refractivity contribution in [2.75, 3.05) is 20.2 Å². The minimum absolute atomic E-state index is 0.192. The Morgan fingerprint density at radius 3 is 3.00 bits per heavy atom. The second-order valence-electron chi connectivity index (χ2n) is 5.53. The molecular formula is C15H19BrN2O2. The Balaban J connectivity index is 1.71. The van der Waals surface area contributed by atoms with E-state index >= 15 is 0 Å². The van der Waals surface area contributed by atoms with Crippen LogP contribution in [0.2, 0.25) is 0 Å². The first-order valence-corrected chi connectivity index (χ1v) is 7.82. The molecule has 4 nitrogen and oxygen atoms in total. The summed E-state index contributed by atoms with van der Waals surface area (Å²) in [6, 6.07) is 4.53. The number of nitrogens with one attached hydrogen (secondary N) is 1. The molecule has 1 fully saturated rings. The number of benzene rings is 1. The van der Waals surface area contributed by atoms with Crippen LogP contribution in [0.5, 0.6) is 5.75 Å². The molecule has 2 heterocycles. The van der Waals surface area contributed by atoms with Crippen LogP contribution in [0.3, 0.4) is 0 Å². The normalized spacial score (nSPS) is 22.5.